The highest BCUT2D eigenvalue weighted by atomic mass is 16.6. The van der Waals surface area contributed by atoms with Crippen LogP contribution in [0, 0.1) is 17.8 Å². The highest BCUT2D eigenvalue weighted by molar-refractivity contribution is 5.95. The van der Waals surface area contributed by atoms with Crippen molar-refractivity contribution in [3.05, 3.63) is 35.9 Å². The van der Waals surface area contributed by atoms with Crippen molar-refractivity contribution in [3.63, 3.8) is 0 Å². The lowest BCUT2D eigenvalue weighted by atomic mass is 9.76. The summed E-state index contributed by atoms with van der Waals surface area (Å²) >= 11 is 0. The molecule has 0 saturated carbocycles. The maximum atomic E-state index is 14.8. The zero-order valence-corrected chi connectivity index (χ0v) is 39.1. The molecule has 15 nitrogen and oxygen atoms in total. The number of rotatable bonds is 20. The SMILES string of the molecule is CC[C@H](C)[C@@H]([C@@H](CC(=O)[C@@]1([C@H](OC)[C@@H](C)C(=O)N[C@@H](Cc2ccccc2)C(=O)OC)CCCN1)OC)N(C)C(=O)[C@@H](NC(=O)[C@]1(C)CCCCN1C(=O)OC(C)(C)C)C(C)C. The quantitative estimate of drug-likeness (QED) is 0.153. The summed E-state index contributed by atoms with van der Waals surface area (Å²) in [6.07, 6.45) is 1.42. The van der Waals surface area contributed by atoms with E-state index in [0.717, 1.165) is 18.4 Å². The van der Waals surface area contributed by atoms with E-state index in [1.165, 1.54) is 26.2 Å². The predicted octanol–water partition coefficient (Wildman–Crippen LogP) is 4.83. The Kier molecular flexibility index (Phi) is 18.8. The van der Waals surface area contributed by atoms with Gasteiger partial charge in [-0.3, -0.25) is 24.1 Å². The van der Waals surface area contributed by atoms with Gasteiger partial charge in [0, 0.05) is 40.7 Å². The summed E-state index contributed by atoms with van der Waals surface area (Å²) in [5, 5.41) is 9.26. The number of likely N-dealkylation sites (tertiary alicyclic amines) is 1. The van der Waals surface area contributed by atoms with Gasteiger partial charge < -0.3 is 39.8 Å². The minimum atomic E-state index is -1.27. The Balaban J connectivity index is 1.89. The molecule has 9 atom stereocenters. The van der Waals surface area contributed by atoms with Crippen molar-refractivity contribution in [2.75, 3.05) is 41.5 Å². The van der Waals surface area contributed by atoms with E-state index in [2.05, 4.69) is 16.0 Å². The fourth-order valence-electron chi connectivity index (χ4n) is 8.96. The molecule has 4 amide bonds. The van der Waals surface area contributed by atoms with E-state index in [-0.39, 0.29) is 36.4 Å². The number of likely N-dealkylation sites (N-methyl/N-ethyl adjacent to an activating group) is 1. The van der Waals surface area contributed by atoms with Crippen LogP contribution in [0.2, 0.25) is 0 Å². The van der Waals surface area contributed by atoms with Crippen molar-refractivity contribution in [2.24, 2.45) is 17.8 Å². The zero-order chi connectivity index (χ0) is 45.9. The number of methoxy groups -OCH3 is 3. The number of ether oxygens (including phenoxy) is 4. The van der Waals surface area contributed by atoms with Gasteiger partial charge in [0.15, 0.2) is 5.78 Å². The first-order chi connectivity index (χ1) is 28.6. The Morgan fingerprint density at radius 1 is 0.918 bits per heavy atom. The zero-order valence-electron chi connectivity index (χ0n) is 39.1. The van der Waals surface area contributed by atoms with E-state index in [0.29, 0.717) is 38.8 Å². The number of benzene rings is 1. The van der Waals surface area contributed by atoms with Crippen molar-refractivity contribution in [2.45, 2.75) is 161 Å². The maximum absolute atomic E-state index is 14.8. The number of esters is 1. The van der Waals surface area contributed by atoms with Gasteiger partial charge in [0.1, 0.15) is 28.8 Å². The summed E-state index contributed by atoms with van der Waals surface area (Å²) in [6.45, 7) is 17.3. The van der Waals surface area contributed by atoms with Crippen molar-refractivity contribution in [3.8, 4) is 0 Å². The number of ketones is 1. The van der Waals surface area contributed by atoms with Gasteiger partial charge in [0.05, 0.1) is 31.3 Å². The molecule has 15 heteroatoms. The van der Waals surface area contributed by atoms with Crippen LogP contribution < -0.4 is 16.0 Å². The maximum Gasteiger partial charge on any atom is 0.411 e. The number of hydrogen-bond donors (Lipinski definition) is 3. The molecule has 344 valence electrons. The smallest absolute Gasteiger partial charge is 0.411 e. The Labute approximate surface area is 364 Å². The Bertz CT molecular complexity index is 1640. The first-order valence-electron chi connectivity index (χ1n) is 22.0. The summed E-state index contributed by atoms with van der Waals surface area (Å²) in [5.41, 5.74) is -2.41. The number of carbonyl (C=O) groups is 6. The molecule has 61 heavy (non-hydrogen) atoms. The van der Waals surface area contributed by atoms with Crippen LogP contribution in [0.5, 0.6) is 0 Å². The molecule has 0 aromatic heterocycles. The summed E-state index contributed by atoms with van der Waals surface area (Å²) in [6, 6.07) is 6.79. The number of amides is 4. The molecule has 2 heterocycles. The van der Waals surface area contributed by atoms with Gasteiger partial charge in [0.2, 0.25) is 17.7 Å². The van der Waals surface area contributed by atoms with Crippen LogP contribution in [-0.2, 0) is 49.3 Å². The highest BCUT2D eigenvalue weighted by Crippen LogP contribution is 2.35. The number of nitrogens with zero attached hydrogens (tertiary/aromatic N) is 2. The van der Waals surface area contributed by atoms with Gasteiger partial charge in [-0.2, -0.15) is 0 Å². The van der Waals surface area contributed by atoms with E-state index in [9.17, 15) is 28.8 Å². The largest absolute Gasteiger partial charge is 0.467 e. The molecule has 3 rings (SSSR count). The molecule has 2 aliphatic rings. The average Bonchev–Trinajstić information content (AvgIpc) is 3.72. The number of Topliss-reactive ketones (excluding diaryl/α,β-unsaturated/α-hetero) is 1. The second-order valence-corrected chi connectivity index (χ2v) is 18.5. The van der Waals surface area contributed by atoms with Crippen LogP contribution in [0.15, 0.2) is 30.3 Å². The summed E-state index contributed by atoms with van der Waals surface area (Å²) < 4.78 is 22.8. The lowest BCUT2D eigenvalue weighted by Crippen LogP contribution is -2.65. The van der Waals surface area contributed by atoms with Crippen LogP contribution >= 0.6 is 0 Å². The lowest BCUT2D eigenvalue weighted by Gasteiger charge is -2.45. The molecule has 3 N–H and O–H groups in total. The first kappa shape index (κ1) is 51.3. The van der Waals surface area contributed by atoms with Crippen LogP contribution in [0.1, 0.15) is 113 Å². The standard InChI is InChI=1S/C46H75N5O10/c1-14-30(4)37(50(10)40(54)36(29(2)3)49-42(56)45(9)23-18-19-26-51(45)43(57)61-44(6,7)8)34(58-11)28-35(52)46(24-20-25-47-46)38(59-12)31(5)39(53)48-33(41(55)60-13)27-32-21-16-15-17-22-32/h15-17,21-22,29-31,33-34,36-38,47H,14,18-20,23-28H2,1-13H3,(H,48,53)(H,49,56)/t30-,31+,33-,34+,36-,37-,38+,45-,46+/m0/s1. The summed E-state index contributed by atoms with van der Waals surface area (Å²) in [7, 11) is 5.93. The molecular formula is C46H75N5O10. The molecule has 1 aromatic rings. The van der Waals surface area contributed by atoms with Gasteiger partial charge in [-0.15, -0.1) is 0 Å². The van der Waals surface area contributed by atoms with E-state index in [1.54, 1.807) is 46.6 Å². The molecule has 2 aliphatic heterocycles. The lowest BCUT2D eigenvalue weighted by molar-refractivity contribution is -0.149. The summed E-state index contributed by atoms with van der Waals surface area (Å²) in [4.78, 5) is 86.9. The third-order valence-corrected chi connectivity index (χ3v) is 12.7. The average molecular weight is 858 g/mol. The van der Waals surface area contributed by atoms with E-state index >= 15 is 0 Å². The third-order valence-electron chi connectivity index (χ3n) is 12.7. The fourth-order valence-corrected chi connectivity index (χ4v) is 8.96. The molecule has 0 aliphatic carbocycles. The highest BCUT2D eigenvalue weighted by Gasteiger charge is 2.53. The molecule has 0 radical (unpaired) electrons. The normalized spacial score (nSPS) is 22.8. The van der Waals surface area contributed by atoms with Crippen LogP contribution in [-0.4, -0.2) is 134 Å². The van der Waals surface area contributed by atoms with E-state index in [1.807, 2.05) is 58.0 Å². The Hall–Kier alpha value is -4.08. The van der Waals surface area contributed by atoms with Gasteiger partial charge >= 0.3 is 12.1 Å². The van der Waals surface area contributed by atoms with Crippen molar-refractivity contribution < 1.29 is 47.7 Å². The minimum Gasteiger partial charge on any atom is -0.467 e. The number of hydrogen-bond acceptors (Lipinski definition) is 11. The number of carbonyl (C=O) groups excluding carboxylic acids is 6. The number of nitrogens with one attached hydrogen (secondary N) is 3. The molecule has 0 spiro atoms. The van der Waals surface area contributed by atoms with E-state index in [4.69, 9.17) is 18.9 Å². The monoisotopic (exact) mass is 858 g/mol. The second-order valence-electron chi connectivity index (χ2n) is 18.5. The van der Waals surface area contributed by atoms with Gasteiger partial charge in [-0.25, -0.2) is 9.59 Å². The Morgan fingerprint density at radius 2 is 1.57 bits per heavy atom. The van der Waals surface area contributed by atoms with Crippen LogP contribution in [0.4, 0.5) is 4.79 Å². The van der Waals surface area contributed by atoms with Gasteiger partial charge in [0.25, 0.3) is 0 Å². The minimum absolute atomic E-state index is 0.106. The molecule has 2 fully saturated rings. The summed E-state index contributed by atoms with van der Waals surface area (Å²) in [5.74, 6) is -3.41. The number of piperidine rings is 1. The van der Waals surface area contributed by atoms with Gasteiger partial charge in [-0.1, -0.05) is 71.4 Å². The molecule has 2 saturated heterocycles. The second kappa shape index (κ2) is 22.3. The van der Waals surface area contributed by atoms with Crippen LogP contribution in [0.25, 0.3) is 0 Å². The molecule has 0 unspecified atom stereocenters. The molecule has 1 aromatic carbocycles. The predicted molar refractivity (Wildman–Crippen MR) is 232 cm³/mol. The first-order valence-corrected chi connectivity index (χ1v) is 22.0. The van der Waals surface area contributed by atoms with Gasteiger partial charge in [-0.05, 0) is 83.7 Å². The molecular weight excluding hydrogens is 783 g/mol. The molecule has 0 bridgehead atoms. The van der Waals surface area contributed by atoms with Crippen molar-refractivity contribution in [1.82, 2.24) is 25.8 Å². The third kappa shape index (κ3) is 12.5. The van der Waals surface area contributed by atoms with E-state index < -0.39 is 76.8 Å². The van der Waals surface area contributed by atoms with Crippen molar-refractivity contribution >= 4 is 35.6 Å². The topological polar surface area (TPSA) is 182 Å². The Morgan fingerprint density at radius 3 is 2.10 bits per heavy atom. The van der Waals surface area contributed by atoms with Crippen molar-refractivity contribution in [1.29, 1.82) is 0 Å². The fraction of sp³-hybridized carbons (Fsp3) is 0.739. The van der Waals surface area contributed by atoms with Crippen LogP contribution in [0.3, 0.4) is 0 Å².